The number of amides is 1. The molecule has 3 heterocycles. The summed E-state index contributed by atoms with van der Waals surface area (Å²) in [4.78, 5) is 14.4. The van der Waals surface area contributed by atoms with Crippen LogP contribution in [0.4, 0.5) is 5.69 Å². The third-order valence-electron chi connectivity index (χ3n) is 6.88. The summed E-state index contributed by atoms with van der Waals surface area (Å²) < 4.78 is 7.80. The molecule has 0 saturated carbocycles. The minimum atomic E-state index is 0.0733. The fourth-order valence-electron chi connectivity index (χ4n) is 4.76. The molecule has 2 aromatic rings. The number of nitrogens with zero attached hydrogens (tertiary/aromatic N) is 3. The number of piperidine rings is 1. The Morgan fingerprint density at radius 1 is 1.06 bits per heavy atom. The predicted molar refractivity (Wildman–Crippen MR) is 130 cm³/mol. The van der Waals surface area contributed by atoms with E-state index in [1.807, 2.05) is 10.9 Å². The number of hydrogen-bond donors (Lipinski definition) is 2. The summed E-state index contributed by atoms with van der Waals surface area (Å²) in [5.74, 6) is 0.694. The van der Waals surface area contributed by atoms with Crippen LogP contribution in [-0.2, 0) is 9.53 Å². The Morgan fingerprint density at radius 2 is 1.88 bits per heavy atom. The lowest BCUT2D eigenvalue weighted by atomic mass is 9.96. The number of carbonyl (C=O) groups excluding carboxylic acids is 1. The van der Waals surface area contributed by atoms with Crippen LogP contribution >= 0.6 is 0 Å². The van der Waals surface area contributed by atoms with Crippen molar-refractivity contribution in [1.82, 2.24) is 15.1 Å². The van der Waals surface area contributed by atoms with E-state index in [2.05, 4.69) is 45.8 Å². The minimum Gasteiger partial charge on any atom is -0.396 e. The van der Waals surface area contributed by atoms with E-state index >= 15 is 0 Å². The lowest BCUT2D eigenvalue weighted by Gasteiger charge is -2.33. The summed E-state index contributed by atoms with van der Waals surface area (Å²) in [7, 11) is 0. The van der Waals surface area contributed by atoms with Crippen molar-refractivity contribution >= 4 is 11.6 Å². The second-order valence-corrected chi connectivity index (χ2v) is 9.35. The van der Waals surface area contributed by atoms with Gasteiger partial charge in [-0.3, -0.25) is 4.79 Å². The van der Waals surface area contributed by atoms with Gasteiger partial charge in [0.15, 0.2) is 0 Å². The van der Waals surface area contributed by atoms with Gasteiger partial charge in [0.1, 0.15) is 6.23 Å². The van der Waals surface area contributed by atoms with Gasteiger partial charge in [0.25, 0.3) is 0 Å². The van der Waals surface area contributed by atoms with E-state index in [4.69, 9.17) is 9.84 Å². The van der Waals surface area contributed by atoms with E-state index in [-0.39, 0.29) is 18.7 Å². The first-order chi connectivity index (χ1) is 16.2. The van der Waals surface area contributed by atoms with Crippen LogP contribution in [0, 0.1) is 5.92 Å². The highest BCUT2D eigenvalue weighted by Crippen LogP contribution is 2.28. The van der Waals surface area contributed by atoms with Gasteiger partial charge in [-0.2, -0.15) is 5.10 Å². The number of aromatic nitrogens is 2. The molecule has 0 aliphatic carbocycles. The predicted octanol–water partition coefficient (Wildman–Crippen LogP) is 4.13. The van der Waals surface area contributed by atoms with Crippen molar-refractivity contribution in [2.75, 3.05) is 37.7 Å². The number of anilines is 1. The van der Waals surface area contributed by atoms with Gasteiger partial charge < -0.3 is 20.1 Å². The molecular formula is C26H38N4O3. The summed E-state index contributed by atoms with van der Waals surface area (Å²) in [6.07, 6.45) is 12.8. The summed E-state index contributed by atoms with van der Waals surface area (Å²) in [5, 5.41) is 16.4. The molecule has 33 heavy (non-hydrogen) atoms. The van der Waals surface area contributed by atoms with Crippen molar-refractivity contribution < 1.29 is 14.6 Å². The molecule has 1 atom stereocenters. The lowest BCUT2D eigenvalue weighted by Crippen LogP contribution is -2.38. The molecule has 2 aliphatic rings. The summed E-state index contributed by atoms with van der Waals surface area (Å²) in [6.45, 7) is 3.85. The zero-order valence-electron chi connectivity index (χ0n) is 19.6. The topological polar surface area (TPSA) is 79.6 Å². The number of nitrogens with one attached hydrogen (secondary N) is 1. The van der Waals surface area contributed by atoms with Gasteiger partial charge in [-0.1, -0.05) is 18.6 Å². The number of unbranched alkanes of at least 4 members (excludes halogenated alkanes) is 2. The van der Waals surface area contributed by atoms with Gasteiger partial charge in [-0.05, 0) is 68.6 Å². The molecule has 1 unspecified atom stereocenters. The zero-order valence-corrected chi connectivity index (χ0v) is 19.6. The molecule has 0 radical (unpaired) electrons. The summed E-state index contributed by atoms with van der Waals surface area (Å²) in [6, 6.07) is 8.78. The highest BCUT2D eigenvalue weighted by Gasteiger charge is 2.20. The van der Waals surface area contributed by atoms with Crippen molar-refractivity contribution in [2.24, 2.45) is 5.92 Å². The van der Waals surface area contributed by atoms with Crippen molar-refractivity contribution in [2.45, 2.75) is 64.0 Å². The fraction of sp³-hybridized carbons (Fsp3) is 0.615. The van der Waals surface area contributed by atoms with Crippen molar-refractivity contribution in [3.05, 3.63) is 36.7 Å². The molecule has 2 N–H and O–H groups in total. The molecule has 7 heteroatoms. The largest absolute Gasteiger partial charge is 0.396 e. The average Bonchev–Trinajstić information content (AvgIpc) is 3.37. The minimum absolute atomic E-state index is 0.0733. The first kappa shape index (κ1) is 23.8. The molecule has 1 aromatic carbocycles. The SMILES string of the molecule is O=C(CCCCCO)NCC1CCN(c2ccc(-c3cnn(C4CCCCO4)c3)cc2)CC1. The van der Waals surface area contributed by atoms with Crippen LogP contribution < -0.4 is 10.2 Å². The molecule has 2 fully saturated rings. The molecule has 180 valence electrons. The highest BCUT2D eigenvalue weighted by atomic mass is 16.5. The molecule has 4 rings (SSSR count). The van der Waals surface area contributed by atoms with Gasteiger partial charge in [0, 0.05) is 56.7 Å². The molecule has 7 nitrogen and oxygen atoms in total. The number of aliphatic hydroxyl groups is 1. The molecular weight excluding hydrogens is 416 g/mol. The van der Waals surface area contributed by atoms with E-state index in [0.29, 0.717) is 12.3 Å². The lowest BCUT2D eigenvalue weighted by molar-refractivity contribution is -0.121. The Hall–Kier alpha value is -2.38. The molecule has 2 aliphatic heterocycles. The summed E-state index contributed by atoms with van der Waals surface area (Å²) in [5.41, 5.74) is 3.56. The maximum Gasteiger partial charge on any atom is 0.220 e. The third kappa shape index (κ3) is 6.81. The number of ether oxygens (including phenoxy) is 1. The normalized spacial score (nSPS) is 19.5. The molecule has 2 saturated heterocycles. The average molecular weight is 455 g/mol. The van der Waals surface area contributed by atoms with Gasteiger partial charge in [-0.15, -0.1) is 0 Å². The van der Waals surface area contributed by atoms with Crippen LogP contribution in [0.1, 0.15) is 64.0 Å². The Morgan fingerprint density at radius 3 is 2.61 bits per heavy atom. The number of benzene rings is 1. The van der Waals surface area contributed by atoms with Gasteiger partial charge in [-0.25, -0.2) is 4.68 Å². The van der Waals surface area contributed by atoms with E-state index in [1.54, 1.807) is 0 Å². The van der Waals surface area contributed by atoms with Crippen LogP contribution in [0.3, 0.4) is 0 Å². The van der Waals surface area contributed by atoms with Crippen LogP contribution in [0.2, 0.25) is 0 Å². The van der Waals surface area contributed by atoms with Gasteiger partial charge >= 0.3 is 0 Å². The number of rotatable bonds is 10. The molecule has 0 bridgehead atoms. The van der Waals surface area contributed by atoms with Crippen molar-refractivity contribution in [1.29, 1.82) is 0 Å². The third-order valence-corrected chi connectivity index (χ3v) is 6.88. The van der Waals surface area contributed by atoms with E-state index in [0.717, 1.165) is 76.8 Å². The second-order valence-electron chi connectivity index (χ2n) is 9.35. The Labute approximate surface area is 197 Å². The smallest absolute Gasteiger partial charge is 0.220 e. The van der Waals surface area contributed by atoms with E-state index < -0.39 is 0 Å². The maximum absolute atomic E-state index is 12.0. The van der Waals surface area contributed by atoms with E-state index in [1.165, 1.54) is 17.7 Å². The van der Waals surface area contributed by atoms with Gasteiger partial charge in [0.2, 0.25) is 5.91 Å². The first-order valence-corrected chi connectivity index (χ1v) is 12.6. The maximum atomic E-state index is 12.0. The van der Waals surface area contributed by atoms with E-state index in [9.17, 15) is 4.79 Å². The zero-order chi connectivity index (χ0) is 22.9. The Kier molecular flexibility index (Phi) is 8.78. The van der Waals surface area contributed by atoms with Crippen LogP contribution in [0.5, 0.6) is 0 Å². The van der Waals surface area contributed by atoms with Crippen molar-refractivity contribution in [3.63, 3.8) is 0 Å². The summed E-state index contributed by atoms with van der Waals surface area (Å²) >= 11 is 0. The molecule has 1 aromatic heterocycles. The molecule has 0 spiro atoms. The van der Waals surface area contributed by atoms with Crippen LogP contribution in [0.25, 0.3) is 11.1 Å². The fourth-order valence-corrected chi connectivity index (χ4v) is 4.76. The first-order valence-electron chi connectivity index (χ1n) is 12.6. The standard InChI is InChI=1S/C26H38N4O3/c31-16-4-1-2-6-25(32)27-18-21-12-14-29(15-13-21)24-10-8-22(9-11-24)23-19-28-30(20-23)26-7-3-5-17-33-26/h8-11,19-21,26,31H,1-7,12-18H2,(H,27,32). The Balaban J connectivity index is 1.21. The second kappa shape index (κ2) is 12.2. The number of hydrogen-bond acceptors (Lipinski definition) is 5. The molecule has 1 amide bonds. The number of carbonyl (C=O) groups is 1. The monoisotopic (exact) mass is 454 g/mol. The van der Waals surface area contributed by atoms with Crippen LogP contribution in [-0.4, -0.2) is 53.6 Å². The number of aliphatic hydroxyl groups excluding tert-OH is 1. The highest BCUT2D eigenvalue weighted by molar-refractivity contribution is 5.75. The quantitative estimate of drug-likeness (QED) is 0.528. The Bertz CT molecular complexity index is 853. The van der Waals surface area contributed by atoms with Gasteiger partial charge in [0.05, 0.1) is 6.20 Å². The van der Waals surface area contributed by atoms with Crippen molar-refractivity contribution in [3.8, 4) is 11.1 Å². The van der Waals surface area contributed by atoms with Crippen LogP contribution in [0.15, 0.2) is 36.7 Å².